The fourth-order valence-electron chi connectivity index (χ4n) is 0.919. The summed E-state index contributed by atoms with van der Waals surface area (Å²) in [5.74, 6) is -0.0352. The van der Waals surface area contributed by atoms with Crippen LogP contribution in [0.25, 0.3) is 0 Å². The first-order chi connectivity index (χ1) is 6.40. The Kier molecular flexibility index (Phi) is 2.88. The van der Waals surface area contributed by atoms with Crippen LogP contribution in [0.3, 0.4) is 0 Å². The molecule has 0 bridgehead atoms. The first-order valence-electron chi connectivity index (χ1n) is 3.88. The number of phenols is 1. The van der Waals surface area contributed by atoms with E-state index in [0.29, 0.717) is 5.56 Å². The maximum Gasteiger partial charge on any atom is 0.422 e. The first kappa shape index (κ1) is 10.7. The zero-order valence-corrected chi connectivity index (χ0v) is 7.43. The van der Waals surface area contributed by atoms with E-state index >= 15 is 0 Å². The lowest BCUT2D eigenvalue weighted by atomic mass is 10.2. The van der Waals surface area contributed by atoms with Crippen molar-refractivity contribution in [3.63, 3.8) is 0 Å². The molecule has 0 radical (unpaired) electrons. The van der Waals surface area contributed by atoms with Crippen LogP contribution in [0.2, 0.25) is 0 Å². The molecule has 1 aromatic carbocycles. The van der Waals surface area contributed by atoms with Gasteiger partial charge >= 0.3 is 6.18 Å². The van der Waals surface area contributed by atoms with Crippen LogP contribution in [0, 0.1) is 6.92 Å². The quantitative estimate of drug-likeness (QED) is 0.805. The Bertz CT molecular complexity index is 320. The summed E-state index contributed by atoms with van der Waals surface area (Å²) < 4.78 is 39.9. The van der Waals surface area contributed by atoms with Crippen LogP contribution < -0.4 is 4.74 Å². The molecule has 1 aromatic rings. The van der Waals surface area contributed by atoms with Crippen molar-refractivity contribution in [3.8, 4) is 11.5 Å². The van der Waals surface area contributed by atoms with Crippen molar-refractivity contribution in [2.24, 2.45) is 0 Å². The number of phenolic OH excluding ortho intramolecular Hbond substituents is 1. The van der Waals surface area contributed by atoms with Gasteiger partial charge in [0.2, 0.25) is 0 Å². The molecule has 0 amide bonds. The highest BCUT2D eigenvalue weighted by atomic mass is 19.4. The van der Waals surface area contributed by atoms with Crippen LogP contribution in [0.5, 0.6) is 11.5 Å². The molecule has 78 valence electrons. The summed E-state index contributed by atoms with van der Waals surface area (Å²) in [4.78, 5) is 0. The molecule has 0 atom stereocenters. The van der Waals surface area contributed by atoms with Gasteiger partial charge in [-0.3, -0.25) is 0 Å². The Morgan fingerprint density at radius 1 is 1.36 bits per heavy atom. The smallest absolute Gasteiger partial charge is 0.422 e. The monoisotopic (exact) mass is 206 g/mol. The highest BCUT2D eigenvalue weighted by Gasteiger charge is 2.28. The molecule has 0 heterocycles. The van der Waals surface area contributed by atoms with E-state index in [-0.39, 0.29) is 11.5 Å². The van der Waals surface area contributed by atoms with Crippen molar-refractivity contribution < 1.29 is 23.0 Å². The summed E-state index contributed by atoms with van der Waals surface area (Å²) in [7, 11) is 0. The van der Waals surface area contributed by atoms with Crippen molar-refractivity contribution >= 4 is 0 Å². The number of aromatic hydroxyl groups is 1. The summed E-state index contributed by atoms with van der Waals surface area (Å²) >= 11 is 0. The van der Waals surface area contributed by atoms with Crippen LogP contribution in [-0.4, -0.2) is 17.9 Å². The fourth-order valence-corrected chi connectivity index (χ4v) is 0.919. The minimum absolute atomic E-state index is 0.0438. The number of benzene rings is 1. The van der Waals surface area contributed by atoms with Crippen molar-refractivity contribution in [1.82, 2.24) is 0 Å². The molecule has 2 nitrogen and oxygen atoms in total. The number of ether oxygens (including phenoxy) is 1. The van der Waals surface area contributed by atoms with Gasteiger partial charge in [0.25, 0.3) is 0 Å². The van der Waals surface area contributed by atoms with E-state index in [0.717, 1.165) is 0 Å². The second-order valence-corrected chi connectivity index (χ2v) is 2.80. The van der Waals surface area contributed by atoms with Gasteiger partial charge in [0.05, 0.1) is 0 Å². The van der Waals surface area contributed by atoms with Gasteiger partial charge in [-0.15, -0.1) is 0 Å². The molecule has 0 saturated carbocycles. The Labute approximate surface area is 78.9 Å². The summed E-state index contributed by atoms with van der Waals surface area (Å²) in [6.45, 7) is 0.137. The number of hydrogen-bond acceptors (Lipinski definition) is 2. The van der Waals surface area contributed by atoms with Gasteiger partial charge in [0.15, 0.2) is 6.61 Å². The van der Waals surface area contributed by atoms with Crippen LogP contribution in [0.15, 0.2) is 18.2 Å². The molecule has 0 spiro atoms. The molecule has 1 rings (SSSR count). The molecule has 14 heavy (non-hydrogen) atoms. The largest absolute Gasteiger partial charge is 0.508 e. The molecule has 0 aromatic heterocycles. The minimum atomic E-state index is -4.36. The molecule has 0 unspecified atom stereocenters. The molecule has 0 aliphatic carbocycles. The van der Waals surface area contributed by atoms with Gasteiger partial charge in [-0.2, -0.15) is 13.2 Å². The van der Waals surface area contributed by atoms with E-state index in [1.54, 1.807) is 0 Å². The molecule has 0 aliphatic rings. The van der Waals surface area contributed by atoms with E-state index in [1.165, 1.54) is 25.1 Å². The highest BCUT2D eigenvalue weighted by Crippen LogP contribution is 2.27. The Balaban J connectivity index is 2.73. The normalized spacial score (nSPS) is 11.4. The number of halogens is 3. The third-order valence-electron chi connectivity index (χ3n) is 1.65. The average molecular weight is 206 g/mol. The van der Waals surface area contributed by atoms with Crippen LogP contribution in [-0.2, 0) is 0 Å². The van der Waals surface area contributed by atoms with E-state index in [4.69, 9.17) is 5.11 Å². The Morgan fingerprint density at radius 3 is 2.57 bits per heavy atom. The van der Waals surface area contributed by atoms with E-state index in [1.807, 2.05) is 0 Å². The van der Waals surface area contributed by atoms with Crippen LogP contribution >= 0.6 is 0 Å². The first-order valence-corrected chi connectivity index (χ1v) is 3.88. The van der Waals surface area contributed by atoms with Gasteiger partial charge in [0, 0.05) is 5.56 Å². The van der Waals surface area contributed by atoms with Crippen LogP contribution in [0.1, 0.15) is 5.56 Å². The summed E-state index contributed by atoms with van der Waals surface area (Å²) in [5, 5.41) is 9.17. The molecule has 1 N–H and O–H groups in total. The van der Waals surface area contributed by atoms with Crippen molar-refractivity contribution in [2.75, 3.05) is 6.61 Å². The molecule has 0 fully saturated rings. The number of rotatable bonds is 2. The predicted octanol–water partition coefficient (Wildman–Crippen LogP) is 2.64. The van der Waals surface area contributed by atoms with Gasteiger partial charge < -0.3 is 9.84 Å². The second-order valence-electron chi connectivity index (χ2n) is 2.80. The minimum Gasteiger partial charge on any atom is -0.508 e. The lowest BCUT2D eigenvalue weighted by Gasteiger charge is -2.11. The van der Waals surface area contributed by atoms with Crippen molar-refractivity contribution in [1.29, 1.82) is 0 Å². The molecule has 0 saturated heterocycles. The molecule has 5 heteroatoms. The second kappa shape index (κ2) is 3.77. The highest BCUT2D eigenvalue weighted by molar-refractivity contribution is 5.42. The fraction of sp³-hybridized carbons (Fsp3) is 0.333. The van der Waals surface area contributed by atoms with Gasteiger partial charge in [0.1, 0.15) is 11.5 Å². The standard InChI is InChI=1S/C9H9F3O2/c1-6-7(13)3-2-4-8(6)14-5-9(10,11)12/h2-4,13H,5H2,1H3. The zero-order chi connectivity index (χ0) is 10.8. The average Bonchev–Trinajstić information content (AvgIpc) is 2.06. The zero-order valence-electron chi connectivity index (χ0n) is 7.43. The maximum absolute atomic E-state index is 11.8. The third kappa shape index (κ3) is 2.83. The molecular formula is C9H9F3O2. The summed E-state index contributed by atoms with van der Waals surface area (Å²) in [6, 6.07) is 4.19. The molecule has 0 aliphatic heterocycles. The number of hydrogen-bond donors (Lipinski definition) is 1. The third-order valence-corrected chi connectivity index (χ3v) is 1.65. The van der Waals surface area contributed by atoms with Gasteiger partial charge in [-0.05, 0) is 19.1 Å². The summed E-state index contributed by atoms with van der Waals surface area (Å²) in [5.41, 5.74) is 0.303. The van der Waals surface area contributed by atoms with E-state index < -0.39 is 12.8 Å². The van der Waals surface area contributed by atoms with Gasteiger partial charge in [-0.1, -0.05) is 6.07 Å². The van der Waals surface area contributed by atoms with E-state index in [9.17, 15) is 13.2 Å². The number of alkyl halides is 3. The predicted molar refractivity (Wildman–Crippen MR) is 44.4 cm³/mol. The lowest BCUT2D eigenvalue weighted by Crippen LogP contribution is -2.19. The SMILES string of the molecule is Cc1c(O)cccc1OCC(F)(F)F. The Hall–Kier alpha value is -1.39. The maximum atomic E-state index is 11.8. The van der Waals surface area contributed by atoms with Crippen molar-refractivity contribution in [3.05, 3.63) is 23.8 Å². The lowest BCUT2D eigenvalue weighted by molar-refractivity contribution is -0.153. The Morgan fingerprint density at radius 2 is 2.00 bits per heavy atom. The van der Waals surface area contributed by atoms with E-state index in [2.05, 4.69) is 4.74 Å². The molecular weight excluding hydrogens is 197 g/mol. The van der Waals surface area contributed by atoms with Gasteiger partial charge in [-0.25, -0.2) is 0 Å². The topological polar surface area (TPSA) is 29.5 Å². The van der Waals surface area contributed by atoms with Crippen molar-refractivity contribution in [2.45, 2.75) is 13.1 Å². The summed E-state index contributed by atoms with van der Waals surface area (Å²) in [6.07, 6.45) is -4.36. The van der Waals surface area contributed by atoms with Crippen LogP contribution in [0.4, 0.5) is 13.2 Å².